The lowest BCUT2D eigenvalue weighted by Gasteiger charge is -2.36. The van der Waals surface area contributed by atoms with Crippen LogP contribution in [-0.4, -0.2) is 69.7 Å². The number of anilines is 2. The molecule has 1 fully saturated rings. The van der Waals surface area contributed by atoms with Gasteiger partial charge in [-0.25, -0.2) is 8.42 Å². The van der Waals surface area contributed by atoms with Crippen LogP contribution in [0, 0.1) is 0 Å². The Morgan fingerprint density at radius 1 is 0.968 bits per heavy atom. The first-order valence-corrected chi connectivity index (χ1v) is 12.5. The minimum absolute atomic E-state index is 0.0159. The van der Waals surface area contributed by atoms with Crippen molar-refractivity contribution in [3.8, 4) is 0 Å². The van der Waals surface area contributed by atoms with E-state index in [-0.39, 0.29) is 5.78 Å². The fraction of sp³-hybridized carbons (Fsp3) is 0.391. The van der Waals surface area contributed by atoms with E-state index in [1.807, 2.05) is 6.07 Å². The van der Waals surface area contributed by atoms with Crippen molar-refractivity contribution < 1.29 is 18.0 Å². The molecule has 0 unspecified atom stereocenters. The van der Waals surface area contributed by atoms with Crippen LogP contribution in [0.4, 0.5) is 11.4 Å². The molecule has 0 spiro atoms. The van der Waals surface area contributed by atoms with Gasteiger partial charge in [0.15, 0.2) is 15.6 Å². The van der Waals surface area contributed by atoms with E-state index in [1.54, 1.807) is 24.3 Å². The van der Waals surface area contributed by atoms with Gasteiger partial charge in [0.2, 0.25) is 5.91 Å². The molecule has 7 nitrogen and oxygen atoms in total. The number of sulfone groups is 1. The number of hydrogen-bond acceptors (Lipinski definition) is 6. The van der Waals surface area contributed by atoms with Crippen molar-refractivity contribution in [1.29, 1.82) is 0 Å². The van der Waals surface area contributed by atoms with E-state index in [4.69, 9.17) is 0 Å². The predicted molar refractivity (Wildman–Crippen MR) is 123 cm³/mol. The number of hydrogen-bond donors (Lipinski definition) is 1. The smallest absolute Gasteiger partial charge is 0.239 e. The van der Waals surface area contributed by atoms with Crippen molar-refractivity contribution in [1.82, 2.24) is 4.90 Å². The molecule has 0 bridgehead atoms. The predicted octanol–water partition coefficient (Wildman–Crippen LogP) is 2.45. The summed E-state index contributed by atoms with van der Waals surface area (Å²) in [5.41, 5.74) is 2.20. The van der Waals surface area contributed by atoms with E-state index in [1.165, 1.54) is 5.69 Å². The second-order valence-corrected chi connectivity index (χ2v) is 10.0. The van der Waals surface area contributed by atoms with E-state index in [0.29, 0.717) is 17.7 Å². The van der Waals surface area contributed by atoms with Crippen LogP contribution in [-0.2, 0) is 14.6 Å². The summed E-state index contributed by atoms with van der Waals surface area (Å²) in [6.07, 6.45) is 2.21. The molecule has 0 saturated carbocycles. The van der Waals surface area contributed by atoms with E-state index >= 15 is 0 Å². The number of carbonyl (C=O) groups is 2. The molecule has 1 heterocycles. The highest BCUT2D eigenvalue weighted by Crippen LogP contribution is 2.17. The van der Waals surface area contributed by atoms with Gasteiger partial charge in [0.1, 0.15) is 5.75 Å². The molecule has 0 aromatic heterocycles. The van der Waals surface area contributed by atoms with E-state index in [2.05, 4.69) is 39.4 Å². The van der Waals surface area contributed by atoms with Gasteiger partial charge in [-0.15, -0.1) is 0 Å². The Hall–Kier alpha value is -2.71. The fourth-order valence-corrected chi connectivity index (χ4v) is 4.23. The molecule has 0 aliphatic carbocycles. The van der Waals surface area contributed by atoms with Crippen molar-refractivity contribution in [3.63, 3.8) is 0 Å². The van der Waals surface area contributed by atoms with E-state index in [9.17, 15) is 18.0 Å². The molecule has 1 N–H and O–H groups in total. The van der Waals surface area contributed by atoms with Gasteiger partial charge in [0.05, 0.1) is 0 Å². The number of amides is 1. The third-order valence-electron chi connectivity index (χ3n) is 5.23. The third-order valence-corrected chi connectivity index (χ3v) is 6.02. The molecule has 8 heteroatoms. The SMILES string of the molecule is CS(=O)(=O)CC(=O)Nc1cccc(C(=O)CCCN2CCN(c3ccccc3)CC2)c1. The van der Waals surface area contributed by atoms with Crippen LogP contribution >= 0.6 is 0 Å². The summed E-state index contributed by atoms with van der Waals surface area (Å²) in [6.45, 7) is 4.79. The van der Waals surface area contributed by atoms with Crippen LogP contribution < -0.4 is 10.2 Å². The second kappa shape index (κ2) is 10.5. The molecule has 2 aromatic rings. The number of ketones is 1. The Balaban J connectivity index is 1.42. The first-order valence-electron chi connectivity index (χ1n) is 10.4. The number of nitrogens with one attached hydrogen (secondary N) is 1. The Morgan fingerprint density at radius 3 is 2.35 bits per heavy atom. The van der Waals surface area contributed by atoms with Gasteiger partial charge in [-0.2, -0.15) is 0 Å². The fourth-order valence-electron chi connectivity index (χ4n) is 3.68. The first kappa shape index (κ1) is 23.0. The monoisotopic (exact) mass is 443 g/mol. The van der Waals surface area contributed by atoms with Crippen molar-refractivity contribution in [2.24, 2.45) is 0 Å². The van der Waals surface area contributed by atoms with Gasteiger partial charge in [-0.05, 0) is 37.2 Å². The lowest BCUT2D eigenvalue weighted by molar-refractivity contribution is -0.113. The average Bonchev–Trinajstić information content (AvgIpc) is 2.73. The van der Waals surface area contributed by atoms with Crippen LogP contribution in [0.25, 0.3) is 0 Å². The lowest BCUT2D eigenvalue weighted by atomic mass is 10.1. The molecule has 1 amide bonds. The highest BCUT2D eigenvalue weighted by atomic mass is 32.2. The summed E-state index contributed by atoms with van der Waals surface area (Å²) in [7, 11) is -3.40. The standard InChI is InChI=1S/C23H29N3O4S/c1-31(29,30)18-23(28)24-20-8-5-7-19(17-20)22(27)11-6-12-25-13-15-26(16-14-25)21-9-3-2-4-10-21/h2-5,7-10,17H,6,11-16,18H2,1H3,(H,24,28). The number of nitrogens with zero attached hydrogens (tertiary/aromatic N) is 2. The zero-order chi connectivity index (χ0) is 22.3. The molecule has 166 valence electrons. The first-order chi connectivity index (χ1) is 14.8. The van der Waals surface area contributed by atoms with Gasteiger partial charge >= 0.3 is 0 Å². The summed E-state index contributed by atoms with van der Waals surface area (Å²) < 4.78 is 22.4. The van der Waals surface area contributed by atoms with E-state index < -0.39 is 21.5 Å². The van der Waals surface area contributed by atoms with Gasteiger partial charge < -0.3 is 10.2 Å². The molecule has 1 aliphatic heterocycles. The molecule has 0 atom stereocenters. The number of Topliss-reactive ketones (excluding diaryl/α,β-unsaturated/α-hetero) is 1. The zero-order valence-corrected chi connectivity index (χ0v) is 18.6. The minimum atomic E-state index is -3.40. The Labute approximate surface area is 184 Å². The normalized spacial score (nSPS) is 14.9. The lowest BCUT2D eigenvalue weighted by Crippen LogP contribution is -2.46. The highest BCUT2D eigenvalue weighted by Gasteiger charge is 2.17. The van der Waals surface area contributed by atoms with Gasteiger partial charge in [0, 0.05) is 55.8 Å². The number of carbonyl (C=O) groups excluding carboxylic acids is 2. The van der Waals surface area contributed by atoms with Gasteiger partial charge in [-0.3, -0.25) is 14.5 Å². The summed E-state index contributed by atoms with van der Waals surface area (Å²) >= 11 is 0. The number of para-hydroxylation sites is 1. The van der Waals surface area contributed by atoms with Crippen LogP contribution in [0.15, 0.2) is 54.6 Å². The van der Waals surface area contributed by atoms with Crippen molar-refractivity contribution in [2.75, 3.05) is 54.9 Å². The number of piperazine rings is 1. The van der Waals surface area contributed by atoms with Crippen molar-refractivity contribution >= 4 is 32.9 Å². The molecule has 1 saturated heterocycles. The van der Waals surface area contributed by atoms with Crippen molar-refractivity contribution in [2.45, 2.75) is 12.8 Å². The van der Waals surface area contributed by atoms with Crippen LogP contribution in [0.1, 0.15) is 23.2 Å². The maximum atomic E-state index is 12.6. The summed E-state index contributed by atoms with van der Waals surface area (Å²) in [4.78, 5) is 29.1. The van der Waals surface area contributed by atoms with Gasteiger partial charge in [0.25, 0.3) is 0 Å². The number of rotatable bonds is 9. The van der Waals surface area contributed by atoms with Crippen LogP contribution in [0.2, 0.25) is 0 Å². The molecule has 31 heavy (non-hydrogen) atoms. The quantitative estimate of drug-likeness (QED) is 0.599. The molecule has 1 aliphatic rings. The topological polar surface area (TPSA) is 86.8 Å². The molecule has 0 radical (unpaired) electrons. The zero-order valence-electron chi connectivity index (χ0n) is 17.8. The van der Waals surface area contributed by atoms with Gasteiger partial charge in [-0.1, -0.05) is 30.3 Å². The summed E-state index contributed by atoms with van der Waals surface area (Å²) in [5.74, 6) is -1.17. The Morgan fingerprint density at radius 2 is 1.68 bits per heavy atom. The number of benzene rings is 2. The Bertz CT molecular complexity index is 1000. The van der Waals surface area contributed by atoms with Crippen molar-refractivity contribution in [3.05, 3.63) is 60.2 Å². The minimum Gasteiger partial charge on any atom is -0.369 e. The molecular weight excluding hydrogens is 414 g/mol. The Kier molecular flexibility index (Phi) is 7.81. The molecule has 2 aromatic carbocycles. The maximum absolute atomic E-state index is 12.6. The average molecular weight is 444 g/mol. The summed E-state index contributed by atoms with van der Waals surface area (Å²) in [6, 6.07) is 17.0. The highest BCUT2D eigenvalue weighted by molar-refractivity contribution is 7.91. The van der Waals surface area contributed by atoms with Crippen LogP contribution in [0.3, 0.4) is 0 Å². The molecule has 3 rings (SSSR count). The largest absolute Gasteiger partial charge is 0.369 e. The summed E-state index contributed by atoms with van der Waals surface area (Å²) in [5, 5.41) is 2.54. The van der Waals surface area contributed by atoms with Crippen LogP contribution in [0.5, 0.6) is 0 Å². The third kappa shape index (κ3) is 7.48. The van der Waals surface area contributed by atoms with E-state index in [0.717, 1.165) is 45.4 Å². The second-order valence-electron chi connectivity index (χ2n) is 7.89. The molecular formula is C23H29N3O4S. The maximum Gasteiger partial charge on any atom is 0.239 e.